The first kappa shape index (κ1) is 24.6. The maximum Gasteiger partial charge on any atom is 0.220 e. The van der Waals surface area contributed by atoms with Crippen molar-refractivity contribution < 1.29 is 4.79 Å². The number of anilines is 1. The normalized spacial score (nSPS) is 14.3. The lowest BCUT2D eigenvalue weighted by atomic mass is 10.0. The van der Waals surface area contributed by atoms with Gasteiger partial charge >= 0.3 is 0 Å². The molecular weight excluding hydrogens is 432 g/mol. The van der Waals surface area contributed by atoms with Crippen LogP contribution in [0.4, 0.5) is 5.82 Å². The standard InChI is InChI=1S/C25H29N6OS/c1-4-21-22(14-26)24(31-11-5-10-30(3)12-13-31)29-25(23(21)15-27)33-17-20-8-6-19(7-9-20)16-28-18(2)32/h6-9H,2,4-5,10-13,16-17H2,1,3H3,(H,28,32). The second kappa shape index (κ2) is 11.7. The van der Waals surface area contributed by atoms with Crippen LogP contribution in [-0.2, 0) is 23.5 Å². The number of rotatable bonds is 7. The van der Waals surface area contributed by atoms with Crippen LogP contribution in [0.25, 0.3) is 0 Å². The zero-order valence-corrected chi connectivity index (χ0v) is 20.0. The van der Waals surface area contributed by atoms with E-state index in [4.69, 9.17) is 4.98 Å². The molecule has 0 atom stereocenters. The molecular formula is C25H29N6OS. The highest BCUT2D eigenvalue weighted by Crippen LogP contribution is 2.33. The highest BCUT2D eigenvalue weighted by atomic mass is 32.2. The number of nitriles is 2. The van der Waals surface area contributed by atoms with Crippen LogP contribution < -0.4 is 10.2 Å². The van der Waals surface area contributed by atoms with E-state index < -0.39 is 0 Å². The van der Waals surface area contributed by atoms with Gasteiger partial charge in [0.2, 0.25) is 5.91 Å². The molecule has 1 fully saturated rings. The van der Waals surface area contributed by atoms with Gasteiger partial charge in [-0.1, -0.05) is 31.2 Å². The first-order valence-corrected chi connectivity index (χ1v) is 12.1. The van der Waals surface area contributed by atoms with E-state index in [1.165, 1.54) is 11.8 Å². The Morgan fingerprint density at radius 2 is 1.82 bits per heavy atom. The van der Waals surface area contributed by atoms with Crippen molar-refractivity contribution in [2.45, 2.75) is 37.1 Å². The molecule has 1 N–H and O–H groups in total. The molecule has 0 saturated carbocycles. The smallest absolute Gasteiger partial charge is 0.220 e. The monoisotopic (exact) mass is 461 g/mol. The number of likely N-dealkylation sites (N-methyl/N-ethyl adjacent to an activating group) is 1. The third kappa shape index (κ3) is 6.25. The molecule has 0 aliphatic carbocycles. The molecule has 1 saturated heterocycles. The molecule has 1 radical (unpaired) electrons. The maximum absolute atomic E-state index is 11.0. The molecule has 3 rings (SSSR count). The third-order valence-corrected chi connectivity index (χ3v) is 6.78. The van der Waals surface area contributed by atoms with Gasteiger partial charge in [0, 0.05) is 38.9 Å². The van der Waals surface area contributed by atoms with Crippen molar-refractivity contribution in [2.24, 2.45) is 0 Å². The first-order chi connectivity index (χ1) is 16.0. The summed E-state index contributed by atoms with van der Waals surface area (Å²) in [5, 5.41) is 23.2. The minimum atomic E-state index is -0.302. The summed E-state index contributed by atoms with van der Waals surface area (Å²) in [5.74, 6) is 1.05. The van der Waals surface area contributed by atoms with Gasteiger partial charge in [-0.2, -0.15) is 10.5 Å². The fourth-order valence-electron chi connectivity index (χ4n) is 3.88. The molecule has 0 spiro atoms. The van der Waals surface area contributed by atoms with Gasteiger partial charge in [-0.05, 0) is 43.1 Å². The van der Waals surface area contributed by atoms with Crippen LogP contribution >= 0.6 is 11.8 Å². The fourth-order valence-corrected chi connectivity index (χ4v) is 4.84. The summed E-state index contributed by atoms with van der Waals surface area (Å²) in [6.07, 6.45) is 1.61. The number of nitrogens with one attached hydrogen (secondary N) is 1. The van der Waals surface area contributed by atoms with Crippen molar-refractivity contribution >= 4 is 23.5 Å². The third-order valence-electron chi connectivity index (χ3n) is 5.73. The predicted octanol–water partition coefficient (Wildman–Crippen LogP) is 3.27. The predicted molar refractivity (Wildman–Crippen MR) is 131 cm³/mol. The van der Waals surface area contributed by atoms with Crippen molar-refractivity contribution in [2.75, 3.05) is 38.1 Å². The van der Waals surface area contributed by atoms with E-state index in [0.29, 0.717) is 40.7 Å². The molecule has 2 aromatic rings. The summed E-state index contributed by atoms with van der Waals surface area (Å²) >= 11 is 1.52. The van der Waals surface area contributed by atoms with Gasteiger partial charge in [-0.3, -0.25) is 4.79 Å². The number of carbonyl (C=O) groups is 1. The van der Waals surface area contributed by atoms with Crippen LogP contribution in [0.5, 0.6) is 0 Å². The number of amides is 1. The van der Waals surface area contributed by atoms with Crippen LogP contribution in [0.3, 0.4) is 0 Å². The largest absolute Gasteiger partial charge is 0.354 e. The lowest BCUT2D eigenvalue weighted by Crippen LogP contribution is -2.30. The summed E-state index contributed by atoms with van der Waals surface area (Å²) in [7, 11) is 2.11. The van der Waals surface area contributed by atoms with E-state index in [-0.39, 0.29) is 5.91 Å². The molecule has 171 valence electrons. The molecule has 1 aromatic carbocycles. The second-order valence-corrected chi connectivity index (χ2v) is 9.04. The Balaban J connectivity index is 1.87. The van der Waals surface area contributed by atoms with E-state index in [0.717, 1.165) is 49.3 Å². The molecule has 33 heavy (non-hydrogen) atoms. The molecule has 0 bridgehead atoms. The average molecular weight is 462 g/mol. The zero-order valence-electron chi connectivity index (χ0n) is 19.2. The maximum atomic E-state index is 11.0. The topological polar surface area (TPSA) is 96.1 Å². The molecule has 1 aliphatic rings. The second-order valence-electron chi connectivity index (χ2n) is 8.07. The van der Waals surface area contributed by atoms with E-state index >= 15 is 0 Å². The first-order valence-electron chi connectivity index (χ1n) is 11.1. The summed E-state index contributed by atoms with van der Waals surface area (Å²) < 4.78 is 0. The lowest BCUT2D eigenvalue weighted by molar-refractivity contribution is -0.116. The molecule has 1 aliphatic heterocycles. The molecule has 1 amide bonds. The Morgan fingerprint density at radius 1 is 1.12 bits per heavy atom. The number of benzene rings is 1. The summed E-state index contributed by atoms with van der Waals surface area (Å²) in [6.45, 7) is 9.32. The highest BCUT2D eigenvalue weighted by molar-refractivity contribution is 7.98. The number of carbonyl (C=O) groups excluding carboxylic acids is 1. The lowest BCUT2D eigenvalue weighted by Gasteiger charge is -2.25. The van der Waals surface area contributed by atoms with Gasteiger partial charge in [-0.15, -0.1) is 11.8 Å². The van der Waals surface area contributed by atoms with E-state index in [2.05, 4.69) is 41.2 Å². The van der Waals surface area contributed by atoms with E-state index in [1.807, 2.05) is 31.2 Å². The van der Waals surface area contributed by atoms with Crippen LogP contribution in [0.1, 0.15) is 41.2 Å². The minimum absolute atomic E-state index is 0.302. The van der Waals surface area contributed by atoms with Crippen LogP contribution in [0, 0.1) is 29.6 Å². The van der Waals surface area contributed by atoms with Crippen molar-refractivity contribution in [3.05, 3.63) is 59.0 Å². The number of nitrogens with zero attached hydrogens (tertiary/aromatic N) is 5. The van der Waals surface area contributed by atoms with Crippen molar-refractivity contribution in [1.82, 2.24) is 15.2 Å². The minimum Gasteiger partial charge on any atom is -0.354 e. The number of aromatic nitrogens is 1. The molecule has 8 heteroatoms. The Bertz CT molecular complexity index is 1070. The summed E-state index contributed by atoms with van der Waals surface area (Å²) in [4.78, 5) is 20.3. The van der Waals surface area contributed by atoms with Gasteiger partial charge in [0.25, 0.3) is 0 Å². The van der Waals surface area contributed by atoms with Crippen LogP contribution in [0.15, 0.2) is 29.3 Å². The SMILES string of the molecule is [CH2]C(=O)NCc1ccc(CSc2nc(N3CCCN(C)CC3)c(C#N)c(CC)c2C#N)cc1. The van der Waals surface area contributed by atoms with Gasteiger partial charge in [-0.25, -0.2) is 4.98 Å². The molecule has 7 nitrogen and oxygen atoms in total. The van der Waals surface area contributed by atoms with Crippen molar-refractivity contribution in [3.8, 4) is 12.1 Å². The van der Waals surface area contributed by atoms with Crippen molar-refractivity contribution in [3.63, 3.8) is 0 Å². The Kier molecular flexibility index (Phi) is 8.71. The number of pyridine rings is 1. The van der Waals surface area contributed by atoms with Crippen LogP contribution in [0.2, 0.25) is 0 Å². The number of thioether (sulfide) groups is 1. The highest BCUT2D eigenvalue weighted by Gasteiger charge is 2.24. The zero-order chi connectivity index (χ0) is 23.8. The summed E-state index contributed by atoms with van der Waals surface area (Å²) in [5.41, 5.74) is 3.90. The molecule has 0 unspecified atom stereocenters. The van der Waals surface area contributed by atoms with Gasteiger partial charge in [0.15, 0.2) is 0 Å². The van der Waals surface area contributed by atoms with Gasteiger partial charge < -0.3 is 15.1 Å². The van der Waals surface area contributed by atoms with Crippen molar-refractivity contribution in [1.29, 1.82) is 10.5 Å². The summed E-state index contributed by atoms with van der Waals surface area (Å²) in [6, 6.07) is 12.6. The Morgan fingerprint density at radius 3 is 2.45 bits per heavy atom. The van der Waals surface area contributed by atoms with Gasteiger partial charge in [0.1, 0.15) is 23.0 Å². The van der Waals surface area contributed by atoms with E-state index in [1.54, 1.807) is 0 Å². The Labute approximate surface area is 200 Å². The van der Waals surface area contributed by atoms with E-state index in [9.17, 15) is 15.3 Å². The molecule has 1 aromatic heterocycles. The number of hydrogen-bond donors (Lipinski definition) is 1. The van der Waals surface area contributed by atoms with Gasteiger partial charge in [0.05, 0.1) is 11.1 Å². The Hall–Kier alpha value is -3.07. The fraction of sp³-hybridized carbons (Fsp3) is 0.400. The average Bonchev–Trinajstić information content (AvgIpc) is 3.05. The quantitative estimate of drug-likeness (QED) is 0.632. The molecule has 2 heterocycles. The van der Waals surface area contributed by atoms with Crippen LogP contribution in [-0.4, -0.2) is 49.0 Å². The number of hydrogen-bond acceptors (Lipinski definition) is 7.